The maximum atomic E-state index is 12.8. The molecule has 0 saturated carbocycles. The third-order valence-corrected chi connectivity index (χ3v) is 4.56. The molecule has 0 aliphatic carbocycles. The highest BCUT2D eigenvalue weighted by Gasteiger charge is 2.56. The SMILES string of the molecule is O=C1Nc2ccccc2C12COc1ccc3c(c12)OCCO3. The summed E-state index contributed by atoms with van der Waals surface area (Å²) in [5, 5.41) is 2.96. The second-order valence-electron chi connectivity index (χ2n) is 5.66. The molecule has 0 aromatic heterocycles. The molecule has 110 valence electrons. The highest BCUT2D eigenvalue weighted by atomic mass is 16.6. The van der Waals surface area contributed by atoms with Crippen molar-refractivity contribution in [3.8, 4) is 17.2 Å². The summed E-state index contributed by atoms with van der Waals surface area (Å²) in [6.45, 7) is 1.27. The molecule has 0 fully saturated rings. The molecule has 2 aromatic rings. The van der Waals surface area contributed by atoms with E-state index in [1.54, 1.807) is 0 Å². The van der Waals surface area contributed by atoms with Gasteiger partial charge in [-0.25, -0.2) is 0 Å². The number of ether oxygens (including phenoxy) is 3. The molecule has 1 unspecified atom stereocenters. The zero-order valence-corrected chi connectivity index (χ0v) is 11.7. The second kappa shape index (κ2) is 3.94. The Bertz CT molecular complexity index is 816. The summed E-state index contributed by atoms with van der Waals surface area (Å²) in [6.07, 6.45) is 0. The molecule has 1 spiro atoms. The average Bonchev–Trinajstić information content (AvgIpc) is 3.09. The summed E-state index contributed by atoms with van der Waals surface area (Å²) in [5.74, 6) is 1.92. The number of para-hydroxylation sites is 1. The van der Waals surface area contributed by atoms with Gasteiger partial charge in [0, 0.05) is 5.69 Å². The van der Waals surface area contributed by atoms with E-state index in [2.05, 4.69) is 5.32 Å². The van der Waals surface area contributed by atoms with E-state index in [1.165, 1.54) is 0 Å². The van der Waals surface area contributed by atoms with Crippen molar-refractivity contribution >= 4 is 11.6 Å². The van der Waals surface area contributed by atoms with E-state index >= 15 is 0 Å². The number of carbonyl (C=O) groups is 1. The molecular weight excluding hydrogens is 282 g/mol. The third-order valence-electron chi connectivity index (χ3n) is 4.56. The molecule has 0 radical (unpaired) electrons. The van der Waals surface area contributed by atoms with E-state index in [4.69, 9.17) is 14.2 Å². The number of hydrogen-bond acceptors (Lipinski definition) is 4. The minimum atomic E-state index is -0.849. The first kappa shape index (κ1) is 11.9. The zero-order chi connectivity index (χ0) is 14.7. The fourth-order valence-corrected chi connectivity index (χ4v) is 3.59. The lowest BCUT2D eigenvalue weighted by Crippen LogP contribution is -2.38. The third kappa shape index (κ3) is 1.27. The van der Waals surface area contributed by atoms with E-state index in [9.17, 15) is 4.79 Å². The Morgan fingerprint density at radius 2 is 1.77 bits per heavy atom. The summed E-state index contributed by atoms with van der Waals surface area (Å²) < 4.78 is 17.3. The van der Waals surface area contributed by atoms with Crippen LogP contribution in [0.4, 0.5) is 5.69 Å². The van der Waals surface area contributed by atoms with Gasteiger partial charge in [-0.2, -0.15) is 0 Å². The van der Waals surface area contributed by atoms with Crippen molar-refractivity contribution in [3.05, 3.63) is 47.5 Å². The van der Waals surface area contributed by atoms with Crippen LogP contribution >= 0.6 is 0 Å². The van der Waals surface area contributed by atoms with Gasteiger partial charge in [0.2, 0.25) is 5.91 Å². The van der Waals surface area contributed by atoms with Crippen LogP contribution in [0, 0.1) is 0 Å². The number of anilines is 1. The monoisotopic (exact) mass is 295 g/mol. The van der Waals surface area contributed by atoms with Gasteiger partial charge in [-0.3, -0.25) is 4.79 Å². The van der Waals surface area contributed by atoms with Crippen molar-refractivity contribution in [2.24, 2.45) is 0 Å². The second-order valence-corrected chi connectivity index (χ2v) is 5.66. The van der Waals surface area contributed by atoms with Crippen LogP contribution in [0.25, 0.3) is 0 Å². The minimum absolute atomic E-state index is 0.0741. The number of amides is 1. The van der Waals surface area contributed by atoms with Crippen molar-refractivity contribution in [2.75, 3.05) is 25.1 Å². The number of rotatable bonds is 0. The zero-order valence-electron chi connectivity index (χ0n) is 11.7. The molecule has 2 aromatic carbocycles. The average molecular weight is 295 g/mol. The summed E-state index contributed by atoms with van der Waals surface area (Å²) in [6, 6.07) is 11.4. The molecule has 5 heteroatoms. The van der Waals surface area contributed by atoms with Crippen LogP contribution in [-0.2, 0) is 10.2 Å². The van der Waals surface area contributed by atoms with Gasteiger partial charge in [-0.05, 0) is 23.8 Å². The number of benzene rings is 2. The molecule has 0 saturated heterocycles. The van der Waals surface area contributed by atoms with Gasteiger partial charge >= 0.3 is 0 Å². The van der Waals surface area contributed by atoms with Crippen LogP contribution in [0.3, 0.4) is 0 Å². The molecule has 3 aliphatic rings. The first-order chi connectivity index (χ1) is 10.8. The van der Waals surface area contributed by atoms with Gasteiger partial charge in [0.25, 0.3) is 0 Å². The van der Waals surface area contributed by atoms with Crippen molar-refractivity contribution < 1.29 is 19.0 Å². The number of hydrogen-bond donors (Lipinski definition) is 1. The van der Waals surface area contributed by atoms with E-state index in [0.29, 0.717) is 30.5 Å². The predicted molar refractivity (Wildman–Crippen MR) is 78.8 cm³/mol. The molecule has 1 N–H and O–H groups in total. The van der Waals surface area contributed by atoms with Gasteiger partial charge in [0.1, 0.15) is 31.0 Å². The minimum Gasteiger partial charge on any atom is -0.491 e. The van der Waals surface area contributed by atoms with Crippen molar-refractivity contribution in [3.63, 3.8) is 0 Å². The van der Waals surface area contributed by atoms with Gasteiger partial charge in [-0.1, -0.05) is 18.2 Å². The lowest BCUT2D eigenvalue weighted by molar-refractivity contribution is -0.119. The molecule has 3 heterocycles. The largest absolute Gasteiger partial charge is 0.491 e. The number of carbonyl (C=O) groups excluding carboxylic acids is 1. The Hall–Kier alpha value is -2.69. The van der Waals surface area contributed by atoms with Crippen molar-refractivity contribution in [2.45, 2.75) is 5.41 Å². The Morgan fingerprint density at radius 3 is 2.73 bits per heavy atom. The van der Waals surface area contributed by atoms with Crippen LogP contribution in [0.2, 0.25) is 0 Å². The molecule has 22 heavy (non-hydrogen) atoms. The van der Waals surface area contributed by atoms with E-state index in [0.717, 1.165) is 16.8 Å². The lowest BCUT2D eigenvalue weighted by Gasteiger charge is -2.26. The van der Waals surface area contributed by atoms with Crippen molar-refractivity contribution in [1.82, 2.24) is 0 Å². The normalized spacial score (nSPS) is 23.7. The Kier molecular flexibility index (Phi) is 2.13. The molecule has 5 rings (SSSR count). The van der Waals surface area contributed by atoms with Gasteiger partial charge in [-0.15, -0.1) is 0 Å². The molecule has 3 aliphatic heterocycles. The van der Waals surface area contributed by atoms with Gasteiger partial charge < -0.3 is 19.5 Å². The maximum absolute atomic E-state index is 12.8. The molecule has 1 atom stereocenters. The summed E-state index contributed by atoms with van der Waals surface area (Å²) in [4.78, 5) is 12.8. The summed E-state index contributed by atoms with van der Waals surface area (Å²) in [7, 11) is 0. The Morgan fingerprint density at radius 1 is 0.955 bits per heavy atom. The molecule has 5 nitrogen and oxygen atoms in total. The highest BCUT2D eigenvalue weighted by Crippen LogP contribution is 2.55. The van der Waals surface area contributed by atoms with Crippen molar-refractivity contribution in [1.29, 1.82) is 0 Å². The Labute approximate surface area is 126 Å². The predicted octanol–water partition coefficient (Wildman–Crippen LogP) is 2.09. The van der Waals surface area contributed by atoms with Crippen LogP contribution in [0.15, 0.2) is 36.4 Å². The van der Waals surface area contributed by atoms with Crippen LogP contribution in [0.5, 0.6) is 17.2 Å². The first-order valence-corrected chi connectivity index (χ1v) is 7.27. The standard InChI is InChI=1S/C17H13NO4/c19-16-17(10-3-1-2-4-11(10)18-16)9-22-12-5-6-13-15(14(12)17)21-8-7-20-13/h1-6H,7-9H2,(H,18,19). The van der Waals surface area contributed by atoms with Gasteiger partial charge in [0.15, 0.2) is 11.5 Å². The Balaban J connectivity index is 1.83. The molecule has 1 amide bonds. The molecular formula is C17H13NO4. The summed E-state index contributed by atoms with van der Waals surface area (Å²) >= 11 is 0. The van der Waals surface area contributed by atoms with E-state index < -0.39 is 5.41 Å². The first-order valence-electron chi connectivity index (χ1n) is 7.27. The van der Waals surface area contributed by atoms with Crippen LogP contribution in [-0.4, -0.2) is 25.7 Å². The number of fused-ring (bicyclic) bond motifs is 6. The maximum Gasteiger partial charge on any atom is 0.243 e. The molecule has 0 bridgehead atoms. The van der Waals surface area contributed by atoms with Gasteiger partial charge in [0.05, 0.1) is 5.56 Å². The number of nitrogens with one attached hydrogen (secondary N) is 1. The topological polar surface area (TPSA) is 56.8 Å². The lowest BCUT2D eigenvalue weighted by atomic mass is 9.76. The quantitative estimate of drug-likeness (QED) is 0.808. The highest BCUT2D eigenvalue weighted by molar-refractivity contribution is 6.10. The van der Waals surface area contributed by atoms with Crippen LogP contribution in [0.1, 0.15) is 11.1 Å². The van der Waals surface area contributed by atoms with Crippen LogP contribution < -0.4 is 19.5 Å². The van der Waals surface area contributed by atoms with E-state index in [1.807, 2.05) is 36.4 Å². The fourth-order valence-electron chi connectivity index (χ4n) is 3.59. The fraction of sp³-hybridized carbons (Fsp3) is 0.235. The smallest absolute Gasteiger partial charge is 0.243 e. The van der Waals surface area contributed by atoms with E-state index in [-0.39, 0.29) is 12.5 Å². The summed E-state index contributed by atoms with van der Waals surface area (Å²) in [5.41, 5.74) is 1.70.